The number of hydrogen-bond donors (Lipinski definition) is 1. The summed E-state index contributed by atoms with van der Waals surface area (Å²) in [6, 6.07) is 10.5. The van der Waals surface area contributed by atoms with Gasteiger partial charge in [0.15, 0.2) is 0 Å². The Balaban J connectivity index is 2.45. The number of halogens is 2. The Labute approximate surface area is 117 Å². The van der Waals surface area contributed by atoms with Gasteiger partial charge >= 0.3 is 0 Å². The standard InChI is InChI=1S/C16H17F2NO/c1-3-20-15-6-4-5-11(9-15)16(2,19)12-7-13(17)10-14(18)8-12/h4-10H,3,19H2,1-2H3. The van der Waals surface area contributed by atoms with Gasteiger partial charge in [0.25, 0.3) is 0 Å². The van der Waals surface area contributed by atoms with Gasteiger partial charge in [0.2, 0.25) is 0 Å². The van der Waals surface area contributed by atoms with Crippen LogP contribution >= 0.6 is 0 Å². The van der Waals surface area contributed by atoms with E-state index < -0.39 is 17.2 Å². The van der Waals surface area contributed by atoms with Crippen molar-refractivity contribution in [1.82, 2.24) is 0 Å². The summed E-state index contributed by atoms with van der Waals surface area (Å²) in [6.07, 6.45) is 0. The highest BCUT2D eigenvalue weighted by Crippen LogP contribution is 2.29. The van der Waals surface area contributed by atoms with Crippen LogP contribution in [0.15, 0.2) is 42.5 Å². The fourth-order valence-corrected chi connectivity index (χ4v) is 2.10. The summed E-state index contributed by atoms with van der Waals surface area (Å²) in [5.41, 5.74) is 6.38. The van der Waals surface area contributed by atoms with Crippen LogP contribution in [0.3, 0.4) is 0 Å². The summed E-state index contributed by atoms with van der Waals surface area (Å²) in [4.78, 5) is 0. The van der Waals surface area contributed by atoms with E-state index in [1.807, 2.05) is 19.1 Å². The highest BCUT2D eigenvalue weighted by Gasteiger charge is 2.25. The van der Waals surface area contributed by atoms with Crippen molar-refractivity contribution in [2.45, 2.75) is 19.4 Å². The van der Waals surface area contributed by atoms with Gasteiger partial charge in [0, 0.05) is 6.07 Å². The van der Waals surface area contributed by atoms with Crippen LogP contribution in [0.1, 0.15) is 25.0 Å². The van der Waals surface area contributed by atoms with E-state index in [0.717, 1.165) is 11.6 Å². The molecule has 0 aliphatic carbocycles. The van der Waals surface area contributed by atoms with Gasteiger partial charge in [-0.25, -0.2) is 8.78 Å². The van der Waals surface area contributed by atoms with Crippen LogP contribution in [0, 0.1) is 11.6 Å². The maximum atomic E-state index is 13.4. The number of ether oxygens (including phenoxy) is 1. The number of hydrogen-bond acceptors (Lipinski definition) is 2. The first-order chi connectivity index (χ1) is 9.43. The molecule has 0 saturated heterocycles. The van der Waals surface area contributed by atoms with E-state index in [1.54, 1.807) is 19.1 Å². The van der Waals surface area contributed by atoms with E-state index in [1.165, 1.54) is 12.1 Å². The first-order valence-electron chi connectivity index (χ1n) is 6.42. The summed E-state index contributed by atoms with van der Waals surface area (Å²) in [6.45, 7) is 4.14. The maximum Gasteiger partial charge on any atom is 0.126 e. The lowest BCUT2D eigenvalue weighted by Gasteiger charge is -2.26. The van der Waals surface area contributed by atoms with E-state index in [-0.39, 0.29) is 0 Å². The topological polar surface area (TPSA) is 35.2 Å². The summed E-state index contributed by atoms with van der Waals surface area (Å²) in [5, 5.41) is 0. The maximum absolute atomic E-state index is 13.4. The van der Waals surface area contributed by atoms with Crippen molar-refractivity contribution in [1.29, 1.82) is 0 Å². The Morgan fingerprint density at radius 2 is 1.70 bits per heavy atom. The predicted octanol–water partition coefficient (Wildman–Crippen LogP) is 3.59. The van der Waals surface area contributed by atoms with E-state index in [9.17, 15) is 8.78 Å². The Morgan fingerprint density at radius 3 is 2.30 bits per heavy atom. The van der Waals surface area contributed by atoms with Crippen molar-refractivity contribution in [3.8, 4) is 5.75 Å². The van der Waals surface area contributed by atoms with Crippen LogP contribution in [0.2, 0.25) is 0 Å². The molecule has 0 radical (unpaired) electrons. The van der Waals surface area contributed by atoms with Crippen LogP contribution < -0.4 is 10.5 Å². The third-order valence-electron chi connectivity index (χ3n) is 3.21. The minimum absolute atomic E-state index is 0.378. The zero-order valence-electron chi connectivity index (χ0n) is 11.5. The highest BCUT2D eigenvalue weighted by atomic mass is 19.1. The SMILES string of the molecule is CCOc1cccc(C(C)(N)c2cc(F)cc(F)c2)c1. The molecule has 4 heteroatoms. The molecule has 2 aromatic rings. The second kappa shape index (κ2) is 5.59. The number of nitrogens with two attached hydrogens (primary N) is 1. The predicted molar refractivity (Wildman–Crippen MR) is 74.6 cm³/mol. The molecule has 0 saturated carbocycles. The molecular formula is C16H17F2NO. The summed E-state index contributed by atoms with van der Waals surface area (Å²) >= 11 is 0. The Hall–Kier alpha value is -1.94. The van der Waals surface area contributed by atoms with E-state index in [0.29, 0.717) is 17.9 Å². The van der Waals surface area contributed by atoms with Gasteiger partial charge in [0.1, 0.15) is 17.4 Å². The first-order valence-corrected chi connectivity index (χ1v) is 6.42. The average Bonchev–Trinajstić information content (AvgIpc) is 2.38. The fraction of sp³-hybridized carbons (Fsp3) is 0.250. The van der Waals surface area contributed by atoms with E-state index >= 15 is 0 Å². The molecule has 0 amide bonds. The number of rotatable bonds is 4. The van der Waals surface area contributed by atoms with Gasteiger partial charge in [-0.05, 0) is 49.2 Å². The van der Waals surface area contributed by atoms with Crippen molar-refractivity contribution in [3.05, 3.63) is 65.2 Å². The fourth-order valence-electron chi connectivity index (χ4n) is 2.10. The summed E-state index contributed by atoms with van der Waals surface area (Å²) in [5.74, 6) is -0.603. The third kappa shape index (κ3) is 2.96. The quantitative estimate of drug-likeness (QED) is 0.927. The molecule has 106 valence electrons. The van der Waals surface area contributed by atoms with Gasteiger partial charge in [-0.2, -0.15) is 0 Å². The molecule has 2 N–H and O–H groups in total. The summed E-state index contributed by atoms with van der Waals surface area (Å²) < 4.78 is 32.1. The lowest BCUT2D eigenvalue weighted by molar-refractivity contribution is 0.339. The molecule has 0 fully saturated rings. The number of benzene rings is 2. The second-order valence-electron chi connectivity index (χ2n) is 4.82. The molecular weight excluding hydrogens is 260 g/mol. The second-order valence-corrected chi connectivity index (χ2v) is 4.82. The molecule has 0 aliphatic heterocycles. The molecule has 0 heterocycles. The van der Waals surface area contributed by atoms with Gasteiger partial charge in [0.05, 0.1) is 12.1 Å². The smallest absolute Gasteiger partial charge is 0.126 e. The van der Waals surface area contributed by atoms with Gasteiger partial charge < -0.3 is 10.5 Å². The Kier molecular flexibility index (Phi) is 4.04. The molecule has 2 nitrogen and oxygen atoms in total. The van der Waals surface area contributed by atoms with Gasteiger partial charge in [-0.3, -0.25) is 0 Å². The van der Waals surface area contributed by atoms with Crippen LogP contribution in [-0.4, -0.2) is 6.61 Å². The molecule has 1 atom stereocenters. The molecule has 0 bridgehead atoms. The molecule has 20 heavy (non-hydrogen) atoms. The highest BCUT2D eigenvalue weighted by molar-refractivity contribution is 5.41. The van der Waals surface area contributed by atoms with Crippen molar-refractivity contribution < 1.29 is 13.5 Å². The van der Waals surface area contributed by atoms with Crippen molar-refractivity contribution in [3.63, 3.8) is 0 Å². The zero-order valence-corrected chi connectivity index (χ0v) is 11.5. The molecule has 2 aromatic carbocycles. The van der Waals surface area contributed by atoms with E-state index in [2.05, 4.69) is 0 Å². The minimum Gasteiger partial charge on any atom is -0.494 e. The first kappa shape index (κ1) is 14.5. The van der Waals surface area contributed by atoms with Crippen LogP contribution in [0.25, 0.3) is 0 Å². The van der Waals surface area contributed by atoms with Crippen molar-refractivity contribution >= 4 is 0 Å². The van der Waals surface area contributed by atoms with Crippen LogP contribution in [0.4, 0.5) is 8.78 Å². The van der Waals surface area contributed by atoms with Gasteiger partial charge in [-0.1, -0.05) is 12.1 Å². The molecule has 1 unspecified atom stereocenters. The zero-order chi connectivity index (χ0) is 14.8. The lowest BCUT2D eigenvalue weighted by atomic mass is 9.85. The lowest BCUT2D eigenvalue weighted by Crippen LogP contribution is -2.34. The molecule has 0 spiro atoms. The normalized spacial score (nSPS) is 13.8. The Morgan fingerprint density at radius 1 is 1.05 bits per heavy atom. The monoisotopic (exact) mass is 277 g/mol. The van der Waals surface area contributed by atoms with Gasteiger partial charge in [-0.15, -0.1) is 0 Å². The summed E-state index contributed by atoms with van der Waals surface area (Å²) in [7, 11) is 0. The average molecular weight is 277 g/mol. The molecule has 0 aromatic heterocycles. The minimum atomic E-state index is -1.00. The third-order valence-corrected chi connectivity index (χ3v) is 3.21. The molecule has 2 rings (SSSR count). The van der Waals surface area contributed by atoms with Crippen LogP contribution in [-0.2, 0) is 5.54 Å². The van der Waals surface area contributed by atoms with Crippen molar-refractivity contribution in [2.24, 2.45) is 5.73 Å². The largest absolute Gasteiger partial charge is 0.494 e. The van der Waals surface area contributed by atoms with E-state index in [4.69, 9.17) is 10.5 Å². The van der Waals surface area contributed by atoms with Crippen LogP contribution in [0.5, 0.6) is 5.75 Å². The Bertz CT molecular complexity index is 591. The van der Waals surface area contributed by atoms with Crippen molar-refractivity contribution in [2.75, 3.05) is 6.61 Å². The molecule has 0 aliphatic rings.